The van der Waals surface area contributed by atoms with Gasteiger partial charge in [0.2, 0.25) is 0 Å². The molecule has 2 heterocycles. The Bertz CT molecular complexity index is 1080. The fourth-order valence-corrected chi connectivity index (χ4v) is 4.10. The molecule has 4 nitrogen and oxygen atoms in total. The molecule has 0 amide bonds. The van der Waals surface area contributed by atoms with Gasteiger partial charge in [0.15, 0.2) is 5.15 Å². The van der Waals surface area contributed by atoms with Crippen molar-refractivity contribution in [2.45, 2.75) is 5.92 Å². The number of hydrogen-bond acceptors (Lipinski definition) is 4. The van der Waals surface area contributed by atoms with E-state index in [4.69, 9.17) is 11.6 Å². The van der Waals surface area contributed by atoms with Gasteiger partial charge in [-0.1, -0.05) is 60.1 Å². The number of nitrogens with zero attached hydrogens (tertiary/aromatic N) is 2. The quantitative estimate of drug-likeness (QED) is 0.489. The molecule has 1 atom stereocenters. The normalized spacial score (nSPS) is 12.0. The summed E-state index contributed by atoms with van der Waals surface area (Å²) in [7, 11) is 0. The summed E-state index contributed by atoms with van der Waals surface area (Å²) in [5.74, 6) is 0.125. The van der Waals surface area contributed by atoms with E-state index < -0.39 is 0 Å². The van der Waals surface area contributed by atoms with Crippen LogP contribution >= 0.6 is 23.1 Å². The zero-order valence-corrected chi connectivity index (χ0v) is 15.3. The first kappa shape index (κ1) is 16.6. The number of benzene rings is 2. The van der Waals surface area contributed by atoms with E-state index in [0.717, 1.165) is 5.52 Å². The molecule has 0 aliphatic rings. The van der Waals surface area contributed by atoms with Gasteiger partial charge in [0.25, 0.3) is 0 Å². The Hall–Kier alpha value is -2.81. The summed E-state index contributed by atoms with van der Waals surface area (Å²) >= 11 is 7.20. The van der Waals surface area contributed by atoms with Crippen LogP contribution in [0.5, 0.6) is 0 Å². The second kappa shape index (κ2) is 7.20. The average Bonchev–Trinajstić information content (AvgIpc) is 3.26. The summed E-state index contributed by atoms with van der Waals surface area (Å²) in [6, 6.07) is 20.7. The van der Waals surface area contributed by atoms with Gasteiger partial charge >= 0.3 is 0 Å². The fourth-order valence-electron chi connectivity index (χ4n) is 3.16. The number of halogens is 1. The second-order valence-electron chi connectivity index (χ2n) is 5.92. The van der Waals surface area contributed by atoms with E-state index in [1.807, 2.05) is 30.3 Å². The standard InChI is InChI=1S/C20H15ClN4S/c21-19-15(10-22)20(26-25-19)24-11-16(13-6-2-1-3-7-13)17-12-23-18-9-5-4-8-14(17)18/h1-9,12,16,23-24H,11H2. The van der Waals surface area contributed by atoms with E-state index in [0.29, 0.717) is 17.1 Å². The maximum Gasteiger partial charge on any atom is 0.162 e. The van der Waals surface area contributed by atoms with Crippen molar-refractivity contribution >= 4 is 39.0 Å². The predicted molar refractivity (Wildman–Crippen MR) is 107 cm³/mol. The molecule has 2 aromatic carbocycles. The Balaban J connectivity index is 1.71. The van der Waals surface area contributed by atoms with Gasteiger partial charge in [-0.3, -0.25) is 0 Å². The third kappa shape index (κ3) is 3.05. The van der Waals surface area contributed by atoms with E-state index in [1.54, 1.807) is 0 Å². The largest absolute Gasteiger partial charge is 0.374 e. The lowest BCUT2D eigenvalue weighted by atomic mass is 9.91. The highest BCUT2D eigenvalue weighted by atomic mass is 35.5. The lowest BCUT2D eigenvalue weighted by Crippen LogP contribution is -2.13. The van der Waals surface area contributed by atoms with Crippen LogP contribution in [0.4, 0.5) is 5.00 Å². The van der Waals surface area contributed by atoms with Gasteiger partial charge < -0.3 is 10.3 Å². The Morgan fingerprint density at radius 3 is 2.73 bits per heavy atom. The Morgan fingerprint density at radius 1 is 1.15 bits per heavy atom. The number of anilines is 1. The van der Waals surface area contributed by atoms with Crippen molar-refractivity contribution in [3.8, 4) is 6.07 Å². The number of para-hydroxylation sites is 1. The molecular weight excluding hydrogens is 364 g/mol. The smallest absolute Gasteiger partial charge is 0.162 e. The Labute approximate surface area is 160 Å². The molecule has 0 aliphatic heterocycles. The van der Waals surface area contributed by atoms with Crippen LogP contribution in [0, 0.1) is 11.3 Å². The first-order valence-electron chi connectivity index (χ1n) is 8.18. The number of nitrogens with one attached hydrogen (secondary N) is 2. The van der Waals surface area contributed by atoms with Gasteiger partial charge in [0.1, 0.15) is 16.6 Å². The second-order valence-corrected chi connectivity index (χ2v) is 7.05. The SMILES string of the molecule is N#Cc1c(Cl)nsc1NCC(c1ccccc1)c1c[nH]c2ccccc12. The lowest BCUT2D eigenvalue weighted by Gasteiger charge is -2.18. The number of fused-ring (bicyclic) bond motifs is 1. The minimum absolute atomic E-state index is 0.125. The Kier molecular flexibility index (Phi) is 4.61. The summed E-state index contributed by atoms with van der Waals surface area (Å²) in [6.45, 7) is 0.638. The van der Waals surface area contributed by atoms with Crippen LogP contribution in [-0.4, -0.2) is 15.9 Å². The molecule has 6 heteroatoms. The van der Waals surface area contributed by atoms with E-state index in [1.165, 1.54) is 28.0 Å². The molecular formula is C20H15ClN4S. The summed E-state index contributed by atoms with van der Waals surface area (Å²) < 4.78 is 4.07. The van der Waals surface area contributed by atoms with Crippen molar-refractivity contribution < 1.29 is 0 Å². The Morgan fingerprint density at radius 2 is 1.92 bits per heavy atom. The highest BCUT2D eigenvalue weighted by Crippen LogP contribution is 2.33. The number of aromatic amines is 1. The molecule has 0 spiro atoms. The molecule has 2 N–H and O–H groups in total. The molecule has 26 heavy (non-hydrogen) atoms. The van der Waals surface area contributed by atoms with Crippen molar-refractivity contribution in [3.05, 3.63) is 82.6 Å². The van der Waals surface area contributed by atoms with Crippen LogP contribution in [0.25, 0.3) is 10.9 Å². The summed E-state index contributed by atoms with van der Waals surface area (Å²) in [6.07, 6.45) is 2.06. The van der Waals surface area contributed by atoms with Crippen LogP contribution < -0.4 is 5.32 Å². The molecule has 4 aromatic rings. The minimum Gasteiger partial charge on any atom is -0.374 e. The molecule has 1 unspecified atom stereocenters. The van der Waals surface area contributed by atoms with Gasteiger partial charge in [-0.05, 0) is 28.7 Å². The van der Waals surface area contributed by atoms with Crippen LogP contribution in [0.1, 0.15) is 22.6 Å². The van der Waals surface area contributed by atoms with Gasteiger partial charge in [-0.25, -0.2) is 0 Å². The summed E-state index contributed by atoms with van der Waals surface area (Å²) in [5, 5.41) is 14.8. The summed E-state index contributed by atoms with van der Waals surface area (Å²) in [4.78, 5) is 3.35. The van der Waals surface area contributed by atoms with Crippen molar-refractivity contribution in [1.29, 1.82) is 5.26 Å². The fraction of sp³-hybridized carbons (Fsp3) is 0.100. The van der Waals surface area contributed by atoms with Crippen molar-refractivity contribution in [1.82, 2.24) is 9.36 Å². The first-order valence-corrected chi connectivity index (χ1v) is 9.33. The maximum atomic E-state index is 9.28. The van der Waals surface area contributed by atoms with Gasteiger partial charge in [-0.15, -0.1) is 0 Å². The maximum absolute atomic E-state index is 9.28. The number of nitriles is 1. The van der Waals surface area contributed by atoms with E-state index in [2.05, 4.69) is 51.2 Å². The molecule has 0 aliphatic carbocycles. The predicted octanol–water partition coefficient (Wildman–Crippen LogP) is 5.39. The van der Waals surface area contributed by atoms with Crippen LogP contribution in [0.15, 0.2) is 60.8 Å². The topological polar surface area (TPSA) is 64.5 Å². The molecule has 0 fully saturated rings. The summed E-state index contributed by atoms with van der Waals surface area (Å²) in [5.41, 5.74) is 3.94. The average molecular weight is 379 g/mol. The highest BCUT2D eigenvalue weighted by Gasteiger charge is 2.19. The third-order valence-corrected chi connectivity index (χ3v) is 5.61. The molecule has 0 saturated heterocycles. The monoisotopic (exact) mass is 378 g/mol. The van der Waals surface area contributed by atoms with Crippen LogP contribution in [0.2, 0.25) is 5.15 Å². The van der Waals surface area contributed by atoms with E-state index >= 15 is 0 Å². The van der Waals surface area contributed by atoms with Crippen molar-refractivity contribution in [3.63, 3.8) is 0 Å². The highest BCUT2D eigenvalue weighted by molar-refractivity contribution is 7.10. The van der Waals surface area contributed by atoms with Crippen molar-refractivity contribution in [2.75, 3.05) is 11.9 Å². The van der Waals surface area contributed by atoms with E-state index in [9.17, 15) is 5.26 Å². The molecule has 0 radical (unpaired) electrons. The lowest BCUT2D eigenvalue weighted by molar-refractivity contribution is 0.862. The first-order chi connectivity index (χ1) is 12.8. The molecule has 0 saturated carbocycles. The van der Waals surface area contributed by atoms with Crippen LogP contribution in [0.3, 0.4) is 0 Å². The number of hydrogen-bond donors (Lipinski definition) is 2. The number of aromatic nitrogens is 2. The van der Waals surface area contributed by atoms with Gasteiger partial charge in [-0.2, -0.15) is 9.64 Å². The van der Waals surface area contributed by atoms with Gasteiger partial charge in [0.05, 0.1) is 0 Å². The van der Waals surface area contributed by atoms with Crippen molar-refractivity contribution in [2.24, 2.45) is 0 Å². The molecule has 2 aromatic heterocycles. The minimum atomic E-state index is 0.125. The molecule has 4 rings (SSSR count). The van der Waals surface area contributed by atoms with Gasteiger partial charge in [0, 0.05) is 29.6 Å². The zero-order chi connectivity index (χ0) is 17.9. The van der Waals surface area contributed by atoms with E-state index in [-0.39, 0.29) is 11.1 Å². The molecule has 128 valence electrons. The number of H-pyrrole nitrogens is 1. The van der Waals surface area contributed by atoms with Crippen LogP contribution in [-0.2, 0) is 0 Å². The molecule has 0 bridgehead atoms. The third-order valence-electron chi connectivity index (χ3n) is 4.43. The number of rotatable bonds is 5. The zero-order valence-electron chi connectivity index (χ0n) is 13.7.